The molecule has 2 N–H and O–H groups in total. The van der Waals surface area contributed by atoms with E-state index < -0.39 is 0 Å². The van der Waals surface area contributed by atoms with Gasteiger partial charge in [-0.15, -0.1) is 0 Å². The van der Waals surface area contributed by atoms with Crippen molar-refractivity contribution in [2.45, 2.75) is 19.5 Å². The summed E-state index contributed by atoms with van der Waals surface area (Å²) in [7, 11) is 1.63. The van der Waals surface area contributed by atoms with Gasteiger partial charge in [0.2, 0.25) is 0 Å². The number of imidazole rings is 1. The summed E-state index contributed by atoms with van der Waals surface area (Å²) in [6.07, 6.45) is 6.40. The van der Waals surface area contributed by atoms with Crippen LogP contribution in [0.1, 0.15) is 12.0 Å². The summed E-state index contributed by atoms with van der Waals surface area (Å²) < 4.78 is 14.0. The van der Waals surface area contributed by atoms with E-state index in [-0.39, 0.29) is 0 Å². The van der Waals surface area contributed by atoms with Gasteiger partial charge in [-0.3, -0.25) is 0 Å². The fourth-order valence-electron chi connectivity index (χ4n) is 1.87. The summed E-state index contributed by atoms with van der Waals surface area (Å²) in [6.45, 7) is 1.95. The van der Waals surface area contributed by atoms with E-state index in [9.17, 15) is 0 Å². The quantitative estimate of drug-likeness (QED) is 0.787. The van der Waals surface area contributed by atoms with Crippen molar-refractivity contribution in [2.75, 3.05) is 13.7 Å². The van der Waals surface area contributed by atoms with E-state index in [2.05, 4.69) is 20.9 Å². The molecule has 0 amide bonds. The molecule has 1 heterocycles. The van der Waals surface area contributed by atoms with E-state index >= 15 is 0 Å². The number of aryl methyl sites for hydroxylation is 1. The number of aromatic nitrogens is 2. The van der Waals surface area contributed by atoms with Crippen LogP contribution in [-0.2, 0) is 13.1 Å². The van der Waals surface area contributed by atoms with Gasteiger partial charge in [-0.1, -0.05) is 0 Å². The van der Waals surface area contributed by atoms with Gasteiger partial charge in [0.1, 0.15) is 0 Å². The van der Waals surface area contributed by atoms with Crippen LogP contribution in [-0.4, -0.2) is 23.3 Å². The first kappa shape index (κ1) is 14.9. The molecule has 0 atom stereocenters. The van der Waals surface area contributed by atoms with Gasteiger partial charge in [0, 0.05) is 25.5 Å². The lowest BCUT2D eigenvalue weighted by atomic mass is 10.2. The zero-order valence-corrected chi connectivity index (χ0v) is 13.0. The molecule has 0 unspecified atom stereocenters. The highest BCUT2D eigenvalue weighted by atomic mass is 79.9. The zero-order chi connectivity index (χ0) is 14.4. The van der Waals surface area contributed by atoms with E-state index in [0.717, 1.165) is 28.8 Å². The number of hydrogen-bond acceptors (Lipinski definition) is 4. The molecule has 0 spiro atoms. The molecule has 0 fully saturated rings. The summed E-state index contributed by atoms with van der Waals surface area (Å²) in [5.74, 6) is 1.41. The van der Waals surface area contributed by atoms with Crippen molar-refractivity contribution >= 4 is 15.9 Å². The molecule has 1 aromatic carbocycles. The number of hydrogen-bond donors (Lipinski definition) is 1. The highest BCUT2D eigenvalue weighted by molar-refractivity contribution is 9.10. The van der Waals surface area contributed by atoms with E-state index in [1.165, 1.54) is 0 Å². The lowest BCUT2D eigenvalue weighted by molar-refractivity contribution is 0.280. The van der Waals surface area contributed by atoms with Gasteiger partial charge in [0.25, 0.3) is 0 Å². The first-order valence-electron chi connectivity index (χ1n) is 6.39. The van der Waals surface area contributed by atoms with Crippen molar-refractivity contribution in [1.29, 1.82) is 0 Å². The van der Waals surface area contributed by atoms with Crippen LogP contribution in [0.4, 0.5) is 0 Å². The van der Waals surface area contributed by atoms with E-state index in [1.807, 2.05) is 22.9 Å². The third kappa shape index (κ3) is 3.74. The number of rotatable bonds is 7. The second-order valence-electron chi connectivity index (χ2n) is 4.32. The van der Waals surface area contributed by atoms with Gasteiger partial charge in [-0.25, -0.2) is 4.98 Å². The lowest BCUT2D eigenvalue weighted by Gasteiger charge is -2.14. The second-order valence-corrected chi connectivity index (χ2v) is 5.17. The first-order valence-corrected chi connectivity index (χ1v) is 7.19. The molecular formula is C14H18BrN3O2. The van der Waals surface area contributed by atoms with Crippen LogP contribution < -0.4 is 15.2 Å². The van der Waals surface area contributed by atoms with Crippen LogP contribution in [0.5, 0.6) is 11.5 Å². The Morgan fingerprint density at radius 2 is 2.25 bits per heavy atom. The van der Waals surface area contributed by atoms with Crippen LogP contribution in [0.15, 0.2) is 35.3 Å². The predicted octanol–water partition coefficient (Wildman–Crippen LogP) is 2.58. The monoisotopic (exact) mass is 339 g/mol. The Balaban J connectivity index is 1.94. The average molecular weight is 340 g/mol. The Kier molecular flexibility index (Phi) is 5.43. The summed E-state index contributed by atoms with van der Waals surface area (Å²) >= 11 is 3.49. The maximum atomic E-state index is 5.81. The third-order valence-corrected chi connectivity index (χ3v) is 3.48. The smallest absolute Gasteiger partial charge is 0.175 e. The predicted molar refractivity (Wildman–Crippen MR) is 80.9 cm³/mol. The number of methoxy groups -OCH3 is 1. The molecule has 0 aliphatic heterocycles. The van der Waals surface area contributed by atoms with Crippen LogP contribution in [0.3, 0.4) is 0 Å². The normalized spacial score (nSPS) is 10.6. The van der Waals surface area contributed by atoms with Crippen LogP contribution in [0, 0.1) is 0 Å². The van der Waals surface area contributed by atoms with Gasteiger partial charge in [0.05, 0.1) is 24.5 Å². The Morgan fingerprint density at radius 1 is 1.40 bits per heavy atom. The fraction of sp³-hybridized carbons (Fsp3) is 0.357. The fourth-order valence-corrected chi connectivity index (χ4v) is 2.48. The van der Waals surface area contributed by atoms with Crippen molar-refractivity contribution in [2.24, 2.45) is 5.73 Å². The Morgan fingerprint density at radius 3 is 2.90 bits per heavy atom. The molecule has 1 aromatic heterocycles. The zero-order valence-electron chi connectivity index (χ0n) is 11.4. The minimum Gasteiger partial charge on any atom is -0.493 e. The molecule has 0 aliphatic carbocycles. The van der Waals surface area contributed by atoms with E-state index in [1.54, 1.807) is 19.6 Å². The number of ether oxygens (including phenoxy) is 2. The minimum atomic E-state index is 0.468. The molecule has 0 saturated carbocycles. The Labute approximate surface area is 126 Å². The topological polar surface area (TPSA) is 62.3 Å². The van der Waals surface area contributed by atoms with Crippen LogP contribution in [0.25, 0.3) is 0 Å². The van der Waals surface area contributed by atoms with E-state index in [0.29, 0.717) is 18.9 Å². The van der Waals surface area contributed by atoms with Crippen molar-refractivity contribution in [3.63, 3.8) is 0 Å². The molecule has 0 saturated heterocycles. The van der Waals surface area contributed by atoms with E-state index in [4.69, 9.17) is 15.2 Å². The number of nitrogens with zero attached hydrogens (tertiary/aromatic N) is 2. The molecule has 0 bridgehead atoms. The highest BCUT2D eigenvalue weighted by Crippen LogP contribution is 2.36. The Hall–Kier alpha value is -1.53. The Bertz CT molecular complexity index is 544. The summed E-state index contributed by atoms with van der Waals surface area (Å²) in [4.78, 5) is 4.00. The van der Waals surface area contributed by atoms with Gasteiger partial charge < -0.3 is 19.8 Å². The van der Waals surface area contributed by atoms with Gasteiger partial charge in [-0.2, -0.15) is 0 Å². The molecule has 0 radical (unpaired) electrons. The number of halogens is 1. The minimum absolute atomic E-state index is 0.468. The van der Waals surface area contributed by atoms with Crippen molar-refractivity contribution in [3.8, 4) is 11.5 Å². The maximum Gasteiger partial charge on any atom is 0.175 e. The summed E-state index contributed by atoms with van der Waals surface area (Å²) in [5, 5.41) is 0. The lowest BCUT2D eigenvalue weighted by Crippen LogP contribution is -2.05. The maximum absolute atomic E-state index is 5.81. The highest BCUT2D eigenvalue weighted by Gasteiger charge is 2.11. The van der Waals surface area contributed by atoms with Gasteiger partial charge in [-0.05, 0) is 40.0 Å². The largest absolute Gasteiger partial charge is 0.493 e. The summed E-state index contributed by atoms with van der Waals surface area (Å²) in [5.41, 5.74) is 6.64. The van der Waals surface area contributed by atoms with Crippen molar-refractivity contribution in [1.82, 2.24) is 9.55 Å². The molecule has 2 aromatic rings. The second kappa shape index (κ2) is 7.31. The molecule has 0 aliphatic rings. The number of nitrogens with two attached hydrogens (primary N) is 1. The molecule has 5 nitrogen and oxygen atoms in total. The van der Waals surface area contributed by atoms with Crippen molar-refractivity contribution in [3.05, 3.63) is 40.9 Å². The molecule has 6 heteroatoms. The third-order valence-electron chi connectivity index (χ3n) is 2.89. The molecular weight excluding hydrogens is 322 g/mol. The van der Waals surface area contributed by atoms with Gasteiger partial charge >= 0.3 is 0 Å². The average Bonchev–Trinajstić information content (AvgIpc) is 2.97. The molecule has 20 heavy (non-hydrogen) atoms. The SMILES string of the molecule is COc1cc(CN)cc(Br)c1OCCCn1ccnc1. The van der Waals surface area contributed by atoms with Crippen molar-refractivity contribution < 1.29 is 9.47 Å². The number of benzene rings is 1. The summed E-state index contributed by atoms with van der Waals surface area (Å²) in [6, 6.07) is 3.85. The van der Waals surface area contributed by atoms with Crippen LogP contribution >= 0.6 is 15.9 Å². The van der Waals surface area contributed by atoms with Crippen LogP contribution in [0.2, 0.25) is 0 Å². The molecule has 108 valence electrons. The standard InChI is InChI=1S/C14H18BrN3O2/c1-19-13-8-11(9-16)7-12(15)14(13)20-6-2-4-18-5-3-17-10-18/h3,5,7-8,10H,2,4,6,9,16H2,1H3. The van der Waals surface area contributed by atoms with Gasteiger partial charge in [0.15, 0.2) is 11.5 Å². The first-order chi connectivity index (χ1) is 9.74. The molecule has 2 rings (SSSR count).